The standard InChI is InChI=1S/C16H20F3NO/c1-11-6-13(8-14(7-11)16(17,18)19)10-15(21)9-12-2-4-20-5-3-12/h6-8,12,20H,2-5,9-10H2,1H3. The van der Waals surface area contributed by atoms with Gasteiger partial charge in [0.1, 0.15) is 5.78 Å². The van der Waals surface area contributed by atoms with Gasteiger partial charge in [0.25, 0.3) is 0 Å². The van der Waals surface area contributed by atoms with Crippen LogP contribution in [0.4, 0.5) is 13.2 Å². The number of carbonyl (C=O) groups excluding carboxylic acids is 1. The minimum absolute atomic E-state index is 0.0284. The third-order valence-electron chi connectivity index (χ3n) is 3.84. The van der Waals surface area contributed by atoms with E-state index in [1.54, 1.807) is 13.0 Å². The fraction of sp³-hybridized carbons (Fsp3) is 0.562. The average Bonchev–Trinajstić information content (AvgIpc) is 2.37. The second kappa shape index (κ2) is 6.60. The summed E-state index contributed by atoms with van der Waals surface area (Å²) in [6, 6.07) is 3.86. The molecule has 0 aliphatic carbocycles. The molecule has 1 heterocycles. The first-order chi connectivity index (χ1) is 9.84. The molecule has 0 aromatic heterocycles. The minimum Gasteiger partial charge on any atom is -0.317 e. The first kappa shape index (κ1) is 16.0. The van der Waals surface area contributed by atoms with Crippen LogP contribution in [0.2, 0.25) is 0 Å². The van der Waals surface area contributed by atoms with Crippen LogP contribution in [-0.2, 0) is 17.4 Å². The maximum absolute atomic E-state index is 12.8. The Balaban J connectivity index is 2.01. The highest BCUT2D eigenvalue weighted by Gasteiger charge is 2.31. The van der Waals surface area contributed by atoms with Crippen LogP contribution in [-0.4, -0.2) is 18.9 Å². The highest BCUT2D eigenvalue weighted by atomic mass is 19.4. The fourth-order valence-corrected chi connectivity index (χ4v) is 2.84. The molecule has 116 valence electrons. The van der Waals surface area contributed by atoms with E-state index in [-0.39, 0.29) is 12.2 Å². The number of hydrogen-bond acceptors (Lipinski definition) is 2. The van der Waals surface area contributed by atoms with Gasteiger partial charge in [0.2, 0.25) is 0 Å². The summed E-state index contributed by atoms with van der Waals surface area (Å²) < 4.78 is 38.3. The van der Waals surface area contributed by atoms with Crippen LogP contribution in [0, 0.1) is 12.8 Å². The van der Waals surface area contributed by atoms with Gasteiger partial charge in [-0.3, -0.25) is 4.79 Å². The predicted octanol–water partition coefficient (Wildman–Crippen LogP) is 3.52. The van der Waals surface area contributed by atoms with Crippen molar-refractivity contribution in [1.82, 2.24) is 5.32 Å². The molecule has 2 rings (SSSR count). The number of nitrogens with one attached hydrogen (secondary N) is 1. The van der Waals surface area contributed by atoms with Gasteiger partial charge in [0.15, 0.2) is 0 Å². The number of alkyl halides is 3. The Morgan fingerprint density at radius 3 is 2.52 bits per heavy atom. The van der Waals surface area contributed by atoms with Gasteiger partial charge in [0.05, 0.1) is 5.56 Å². The molecule has 1 aliphatic rings. The van der Waals surface area contributed by atoms with Gasteiger partial charge >= 0.3 is 6.18 Å². The largest absolute Gasteiger partial charge is 0.416 e. The smallest absolute Gasteiger partial charge is 0.317 e. The number of Topliss-reactive ketones (excluding diaryl/α,β-unsaturated/α-hetero) is 1. The highest BCUT2D eigenvalue weighted by molar-refractivity contribution is 5.81. The van der Waals surface area contributed by atoms with Crippen LogP contribution in [0.1, 0.15) is 36.0 Å². The summed E-state index contributed by atoms with van der Waals surface area (Å²) in [6.45, 7) is 3.46. The Kier molecular flexibility index (Phi) is 5.04. The molecule has 0 atom stereocenters. The number of rotatable bonds is 4. The lowest BCUT2D eigenvalue weighted by Crippen LogP contribution is -2.29. The molecule has 2 nitrogen and oxygen atoms in total. The molecule has 0 radical (unpaired) electrons. The molecule has 0 bridgehead atoms. The lowest BCUT2D eigenvalue weighted by molar-refractivity contribution is -0.137. The predicted molar refractivity (Wildman–Crippen MR) is 75.1 cm³/mol. The number of aryl methyl sites for hydroxylation is 1. The summed E-state index contributed by atoms with van der Waals surface area (Å²) in [5.74, 6) is 0.395. The molecule has 0 saturated carbocycles. The van der Waals surface area contributed by atoms with Crippen LogP contribution >= 0.6 is 0 Å². The van der Waals surface area contributed by atoms with E-state index in [1.165, 1.54) is 0 Å². The van der Waals surface area contributed by atoms with Crippen molar-refractivity contribution in [3.8, 4) is 0 Å². The lowest BCUT2D eigenvalue weighted by Gasteiger charge is -2.21. The Morgan fingerprint density at radius 2 is 1.90 bits per heavy atom. The maximum atomic E-state index is 12.8. The third-order valence-corrected chi connectivity index (χ3v) is 3.84. The van der Waals surface area contributed by atoms with Crippen molar-refractivity contribution in [2.75, 3.05) is 13.1 Å². The number of carbonyl (C=O) groups is 1. The minimum atomic E-state index is -4.36. The van der Waals surface area contributed by atoms with Gasteiger partial charge < -0.3 is 5.32 Å². The molecule has 1 aromatic rings. The number of hydrogen-bond donors (Lipinski definition) is 1. The third kappa shape index (κ3) is 4.84. The van der Waals surface area contributed by atoms with E-state index >= 15 is 0 Å². The van der Waals surface area contributed by atoms with Gasteiger partial charge in [0, 0.05) is 12.8 Å². The summed E-state index contributed by atoms with van der Waals surface area (Å²) in [5.41, 5.74) is 0.322. The van der Waals surface area contributed by atoms with Gasteiger partial charge in [-0.15, -0.1) is 0 Å². The average molecular weight is 299 g/mol. The normalized spacial score (nSPS) is 17.0. The SMILES string of the molecule is Cc1cc(CC(=O)CC2CCNCC2)cc(C(F)(F)F)c1. The van der Waals surface area contributed by atoms with Crippen molar-refractivity contribution in [2.45, 2.75) is 38.8 Å². The molecule has 5 heteroatoms. The quantitative estimate of drug-likeness (QED) is 0.921. The molecule has 1 aromatic carbocycles. The van der Waals surface area contributed by atoms with Crippen molar-refractivity contribution < 1.29 is 18.0 Å². The number of ketones is 1. The first-order valence-corrected chi connectivity index (χ1v) is 7.25. The van der Waals surface area contributed by atoms with Gasteiger partial charge in [-0.25, -0.2) is 0 Å². The van der Waals surface area contributed by atoms with Crippen molar-refractivity contribution in [3.63, 3.8) is 0 Å². The van der Waals surface area contributed by atoms with Crippen molar-refractivity contribution in [1.29, 1.82) is 0 Å². The van der Waals surface area contributed by atoms with Gasteiger partial charge in [-0.2, -0.15) is 13.2 Å². The van der Waals surface area contributed by atoms with Crippen molar-refractivity contribution in [2.24, 2.45) is 5.92 Å². The molecule has 1 saturated heterocycles. The number of piperidine rings is 1. The monoisotopic (exact) mass is 299 g/mol. The molecular formula is C16H20F3NO. The first-order valence-electron chi connectivity index (χ1n) is 7.25. The maximum Gasteiger partial charge on any atom is 0.416 e. The molecule has 0 amide bonds. The highest BCUT2D eigenvalue weighted by Crippen LogP contribution is 2.31. The Bertz CT molecular complexity index is 505. The van der Waals surface area contributed by atoms with E-state index in [1.807, 2.05) is 0 Å². The zero-order valence-corrected chi connectivity index (χ0v) is 12.1. The van der Waals surface area contributed by atoms with Crippen LogP contribution in [0.5, 0.6) is 0 Å². The fourth-order valence-electron chi connectivity index (χ4n) is 2.84. The van der Waals surface area contributed by atoms with Crippen LogP contribution < -0.4 is 5.32 Å². The summed E-state index contributed by atoms with van der Waals surface area (Å²) >= 11 is 0. The van der Waals surface area contributed by atoms with Crippen molar-refractivity contribution >= 4 is 5.78 Å². The Labute approximate surface area is 122 Å². The second-order valence-electron chi connectivity index (χ2n) is 5.82. The summed E-state index contributed by atoms with van der Waals surface area (Å²) in [7, 11) is 0. The zero-order valence-electron chi connectivity index (χ0n) is 12.1. The molecule has 1 fully saturated rings. The lowest BCUT2D eigenvalue weighted by atomic mass is 9.90. The van der Waals surface area contributed by atoms with Gasteiger partial charge in [-0.05, 0) is 56.5 Å². The Hall–Kier alpha value is -1.36. The zero-order chi connectivity index (χ0) is 15.5. The summed E-state index contributed by atoms with van der Waals surface area (Å²) in [4.78, 5) is 12.1. The van der Waals surface area contributed by atoms with E-state index in [2.05, 4.69) is 5.32 Å². The number of halogens is 3. The van der Waals surface area contributed by atoms with Crippen LogP contribution in [0.3, 0.4) is 0 Å². The summed E-state index contributed by atoms with van der Waals surface area (Å²) in [5, 5.41) is 3.23. The molecule has 0 unspecified atom stereocenters. The Morgan fingerprint density at radius 1 is 1.24 bits per heavy atom. The van der Waals surface area contributed by atoms with Crippen LogP contribution in [0.25, 0.3) is 0 Å². The molecule has 21 heavy (non-hydrogen) atoms. The molecular weight excluding hydrogens is 279 g/mol. The second-order valence-corrected chi connectivity index (χ2v) is 5.82. The van der Waals surface area contributed by atoms with Crippen LogP contribution in [0.15, 0.2) is 18.2 Å². The van der Waals surface area contributed by atoms with E-state index in [0.717, 1.165) is 38.1 Å². The molecule has 1 aliphatic heterocycles. The summed E-state index contributed by atoms with van der Waals surface area (Å²) in [6.07, 6.45) is -1.87. The topological polar surface area (TPSA) is 29.1 Å². The van der Waals surface area contributed by atoms with E-state index in [9.17, 15) is 18.0 Å². The van der Waals surface area contributed by atoms with E-state index in [4.69, 9.17) is 0 Å². The van der Waals surface area contributed by atoms with Crippen molar-refractivity contribution in [3.05, 3.63) is 34.9 Å². The molecule has 0 spiro atoms. The van der Waals surface area contributed by atoms with Gasteiger partial charge in [-0.1, -0.05) is 11.6 Å². The number of benzene rings is 1. The van der Waals surface area contributed by atoms with E-state index in [0.29, 0.717) is 23.5 Å². The van der Waals surface area contributed by atoms with E-state index < -0.39 is 11.7 Å². The molecule has 1 N–H and O–H groups in total.